The molecule has 0 spiro atoms. The summed E-state index contributed by atoms with van der Waals surface area (Å²) in [6.07, 6.45) is -3.59. The fraction of sp³-hybridized carbons (Fsp3) is 0.800. The van der Waals surface area contributed by atoms with Crippen LogP contribution in [0.25, 0.3) is 0 Å². The molecule has 0 aromatic rings. The van der Waals surface area contributed by atoms with Gasteiger partial charge in [0.2, 0.25) is 0 Å². The van der Waals surface area contributed by atoms with Crippen LogP contribution < -0.4 is 0 Å². The molecule has 4 atom stereocenters. The number of carbonyl (C=O) groups is 1. The van der Waals surface area contributed by atoms with E-state index < -0.39 is 29.9 Å². The van der Waals surface area contributed by atoms with Gasteiger partial charge in [0.05, 0.1) is 0 Å². The first kappa shape index (κ1) is 6.09. The normalized spacial score (nSPS) is 57.9. The molecule has 2 rings (SSSR count). The highest BCUT2D eigenvalue weighted by Crippen LogP contribution is 2.47. The van der Waals surface area contributed by atoms with E-state index in [-0.39, 0.29) is 0 Å². The molecular formula is C5H6O5. The molecule has 1 aliphatic heterocycles. The second-order valence-corrected chi connectivity index (χ2v) is 2.59. The fourth-order valence-corrected chi connectivity index (χ4v) is 1.20. The first-order chi connectivity index (χ1) is 4.58. The largest absolute Gasteiger partial charge is 0.454 e. The van der Waals surface area contributed by atoms with Gasteiger partial charge in [-0.25, -0.2) is 4.79 Å². The molecule has 5 heteroatoms. The molecule has 0 bridgehead atoms. The molecule has 1 saturated carbocycles. The maximum absolute atomic E-state index is 10.4. The topological polar surface area (TPSA) is 87.0 Å². The van der Waals surface area contributed by atoms with Crippen LogP contribution in [0, 0.1) is 0 Å². The molecule has 3 N–H and O–H groups in total. The first-order valence-corrected chi connectivity index (χ1v) is 2.87. The highest BCUT2D eigenvalue weighted by Gasteiger charge is 2.77. The Bertz CT molecular complexity index is 202. The van der Waals surface area contributed by atoms with E-state index in [1.807, 2.05) is 0 Å². The smallest absolute Gasteiger partial charge is 0.338 e. The predicted octanol–water partition coefficient (Wildman–Crippen LogP) is -2.62. The van der Waals surface area contributed by atoms with Crippen molar-refractivity contribution in [3.05, 3.63) is 0 Å². The van der Waals surface area contributed by atoms with Gasteiger partial charge in [0.15, 0.2) is 17.8 Å². The lowest BCUT2D eigenvalue weighted by Crippen LogP contribution is -2.35. The highest BCUT2D eigenvalue weighted by atomic mass is 16.6. The number of aliphatic hydroxyl groups excluding tert-OH is 2. The van der Waals surface area contributed by atoms with Crippen LogP contribution in [0.15, 0.2) is 0 Å². The van der Waals surface area contributed by atoms with Gasteiger partial charge in [-0.1, -0.05) is 0 Å². The van der Waals surface area contributed by atoms with Gasteiger partial charge in [0, 0.05) is 0 Å². The summed E-state index contributed by atoms with van der Waals surface area (Å²) in [5, 5.41) is 26.8. The Labute approximate surface area is 55.8 Å². The minimum absolute atomic E-state index is 0.863. The maximum atomic E-state index is 10.4. The zero-order valence-electron chi connectivity index (χ0n) is 4.89. The second kappa shape index (κ2) is 1.34. The number of fused-ring (bicyclic) bond motifs is 1. The molecule has 56 valence electrons. The lowest BCUT2D eigenvalue weighted by atomic mass is 10.2. The quantitative estimate of drug-likeness (QED) is 0.326. The molecule has 1 unspecified atom stereocenters. The van der Waals surface area contributed by atoms with Crippen LogP contribution in [-0.4, -0.2) is 45.2 Å². The minimum atomic E-state index is -1.71. The Morgan fingerprint density at radius 2 is 2.10 bits per heavy atom. The number of carbonyl (C=O) groups excluding carboxylic acids is 1. The third kappa shape index (κ3) is 0.396. The zero-order chi connectivity index (χ0) is 7.52. The van der Waals surface area contributed by atoms with E-state index in [2.05, 4.69) is 4.74 Å². The Hall–Kier alpha value is -0.650. The van der Waals surface area contributed by atoms with Crippen LogP contribution in [0.3, 0.4) is 0 Å². The van der Waals surface area contributed by atoms with Crippen molar-refractivity contribution < 1.29 is 24.9 Å². The standard InChI is InChI=1S/C5H6O5/c6-1-3-5(1,9)2(7)4(8)10-3/h1-3,6-7,9H/t1?,2-,3+,5-/m0/s1. The Morgan fingerprint density at radius 1 is 1.50 bits per heavy atom. The van der Waals surface area contributed by atoms with Crippen molar-refractivity contribution in [2.45, 2.75) is 23.9 Å². The van der Waals surface area contributed by atoms with Gasteiger partial charge in [-0.05, 0) is 0 Å². The summed E-state index contributed by atoms with van der Waals surface area (Å²) in [5.74, 6) is -0.863. The molecule has 1 saturated heterocycles. The molecule has 2 fully saturated rings. The summed E-state index contributed by atoms with van der Waals surface area (Å²) in [6, 6.07) is 0. The summed E-state index contributed by atoms with van der Waals surface area (Å²) in [6.45, 7) is 0. The molecule has 5 nitrogen and oxygen atoms in total. The van der Waals surface area contributed by atoms with Gasteiger partial charge in [-0.2, -0.15) is 0 Å². The zero-order valence-corrected chi connectivity index (χ0v) is 4.89. The van der Waals surface area contributed by atoms with Gasteiger partial charge in [-0.15, -0.1) is 0 Å². The second-order valence-electron chi connectivity index (χ2n) is 2.59. The summed E-state index contributed by atoms with van der Waals surface area (Å²) < 4.78 is 4.37. The van der Waals surface area contributed by atoms with Crippen molar-refractivity contribution in [3.8, 4) is 0 Å². The van der Waals surface area contributed by atoms with Crippen molar-refractivity contribution in [1.29, 1.82) is 0 Å². The van der Waals surface area contributed by atoms with Crippen LogP contribution in [0.5, 0.6) is 0 Å². The first-order valence-electron chi connectivity index (χ1n) is 2.87. The van der Waals surface area contributed by atoms with Crippen LogP contribution in [0.2, 0.25) is 0 Å². The van der Waals surface area contributed by atoms with E-state index in [9.17, 15) is 4.79 Å². The third-order valence-corrected chi connectivity index (χ3v) is 2.01. The van der Waals surface area contributed by atoms with Gasteiger partial charge >= 0.3 is 5.97 Å². The number of hydrogen-bond acceptors (Lipinski definition) is 5. The van der Waals surface area contributed by atoms with E-state index in [0.717, 1.165) is 0 Å². The maximum Gasteiger partial charge on any atom is 0.338 e. The Balaban J connectivity index is 2.28. The van der Waals surface area contributed by atoms with Gasteiger partial charge in [-0.3, -0.25) is 0 Å². The van der Waals surface area contributed by atoms with E-state index in [0.29, 0.717) is 0 Å². The molecule has 0 aromatic carbocycles. The number of esters is 1. The molecule has 0 radical (unpaired) electrons. The van der Waals surface area contributed by atoms with Crippen molar-refractivity contribution in [2.24, 2.45) is 0 Å². The number of rotatable bonds is 0. The summed E-state index contributed by atoms with van der Waals surface area (Å²) in [4.78, 5) is 10.4. The molecule has 1 aliphatic carbocycles. The number of hydrogen-bond donors (Lipinski definition) is 3. The molecule has 0 amide bonds. The Kier molecular flexibility index (Phi) is 0.815. The van der Waals surface area contributed by atoms with E-state index in [4.69, 9.17) is 15.3 Å². The molecule has 10 heavy (non-hydrogen) atoms. The summed E-state index contributed by atoms with van der Waals surface area (Å²) in [5.41, 5.74) is -1.71. The minimum Gasteiger partial charge on any atom is -0.454 e. The lowest BCUT2D eigenvalue weighted by molar-refractivity contribution is -0.153. The van der Waals surface area contributed by atoms with E-state index in [1.54, 1.807) is 0 Å². The van der Waals surface area contributed by atoms with Gasteiger partial charge in [0.25, 0.3) is 0 Å². The lowest BCUT2D eigenvalue weighted by Gasteiger charge is -2.06. The van der Waals surface area contributed by atoms with E-state index in [1.165, 1.54) is 0 Å². The number of ether oxygens (including phenoxy) is 1. The predicted molar refractivity (Wildman–Crippen MR) is 26.8 cm³/mol. The molecule has 0 aromatic heterocycles. The van der Waals surface area contributed by atoms with Crippen LogP contribution in [-0.2, 0) is 9.53 Å². The van der Waals surface area contributed by atoms with Crippen molar-refractivity contribution in [1.82, 2.24) is 0 Å². The summed E-state index contributed by atoms with van der Waals surface area (Å²) in [7, 11) is 0. The fourth-order valence-electron chi connectivity index (χ4n) is 1.20. The molecule has 1 heterocycles. The molecular weight excluding hydrogens is 140 g/mol. The average molecular weight is 146 g/mol. The number of aliphatic hydroxyl groups is 3. The van der Waals surface area contributed by atoms with Gasteiger partial charge in [0.1, 0.15) is 6.10 Å². The SMILES string of the molecule is O=C1O[C@@H]2C(O)[C@]2(O)[C@H]1O. The van der Waals surface area contributed by atoms with Crippen LogP contribution in [0.4, 0.5) is 0 Å². The van der Waals surface area contributed by atoms with Crippen molar-refractivity contribution >= 4 is 5.97 Å². The average Bonchev–Trinajstić information content (AvgIpc) is 2.29. The van der Waals surface area contributed by atoms with Crippen molar-refractivity contribution in [3.63, 3.8) is 0 Å². The van der Waals surface area contributed by atoms with Crippen molar-refractivity contribution in [2.75, 3.05) is 0 Å². The third-order valence-electron chi connectivity index (χ3n) is 2.01. The van der Waals surface area contributed by atoms with E-state index >= 15 is 0 Å². The van der Waals surface area contributed by atoms with Crippen LogP contribution in [0.1, 0.15) is 0 Å². The Morgan fingerprint density at radius 3 is 2.40 bits per heavy atom. The van der Waals surface area contributed by atoms with Gasteiger partial charge < -0.3 is 20.1 Å². The summed E-state index contributed by atoms with van der Waals surface area (Å²) >= 11 is 0. The van der Waals surface area contributed by atoms with Crippen LogP contribution >= 0.6 is 0 Å². The monoisotopic (exact) mass is 146 g/mol. The highest BCUT2D eigenvalue weighted by molar-refractivity contribution is 5.82. The molecule has 2 aliphatic rings.